The van der Waals surface area contributed by atoms with E-state index in [1.165, 1.54) is 26.2 Å². The maximum Gasteiger partial charge on any atom is 0.345 e. The molecule has 0 spiro atoms. The van der Waals surface area contributed by atoms with Crippen molar-refractivity contribution >= 4 is 17.3 Å². The van der Waals surface area contributed by atoms with Crippen LogP contribution in [0.5, 0.6) is 0 Å². The number of benzene rings is 1. The quantitative estimate of drug-likeness (QED) is 0.472. The molecule has 1 atom stereocenters. The minimum absolute atomic E-state index is 0.0209. The van der Waals surface area contributed by atoms with Crippen LogP contribution in [-0.2, 0) is 9.47 Å². The van der Waals surface area contributed by atoms with E-state index in [2.05, 4.69) is 14.8 Å². The van der Waals surface area contributed by atoms with Gasteiger partial charge in [-0.2, -0.15) is 8.78 Å². The van der Waals surface area contributed by atoms with E-state index >= 15 is 0 Å². The second-order valence-corrected chi connectivity index (χ2v) is 4.07. The zero-order valence-corrected chi connectivity index (χ0v) is 11.3. The number of nitrogens with one attached hydrogen (secondary N) is 1. The van der Waals surface area contributed by atoms with Gasteiger partial charge in [-0.25, -0.2) is 4.79 Å². The van der Waals surface area contributed by atoms with Gasteiger partial charge in [-0.05, 0) is 19.1 Å². The summed E-state index contributed by atoms with van der Waals surface area (Å²) in [7, 11) is 1.18. The second kappa shape index (κ2) is 7.48. The number of nitro groups is 1. The third-order valence-corrected chi connectivity index (χ3v) is 2.53. The van der Waals surface area contributed by atoms with E-state index in [-0.39, 0.29) is 23.5 Å². The molecule has 1 aromatic carbocycles. The molecule has 0 heterocycles. The Morgan fingerprint density at radius 3 is 2.67 bits per heavy atom. The number of carbonyl (C=O) groups excluding carboxylic acids is 1. The summed E-state index contributed by atoms with van der Waals surface area (Å²) >= 11 is 0. The summed E-state index contributed by atoms with van der Waals surface area (Å²) in [5.74, 6) is -0.662. The largest absolute Gasteiger partial charge is 0.465 e. The predicted octanol–water partition coefficient (Wildman–Crippen LogP) is 2.42. The summed E-state index contributed by atoms with van der Waals surface area (Å²) < 4.78 is 32.8. The molecule has 0 aromatic heterocycles. The van der Waals surface area contributed by atoms with Crippen molar-refractivity contribution < 1.29 is 28.0 Å². The summed E-state index contributed by atoms with van der Waals surface area (Å²) in [6, 6.07) is 3.60. The number of halogens is 2. The van der Waals surface area contributed by atoms with Crippen LogP contribution in [0.15, 0.2) is 18.2 Å². The highest BCUT2D eigenvalue weighted by atomic mass is 19.3. The van der Waals surface area contributed by atoms with Gasteiger partial charge in [0, 0.05) is 12.6 Å². The van der Waals surface area contributed by atoms with Crippen LogP contribution in [0, 0.1) is 10.1 Å². The molecule has 0 unspecified atom stereocenters. The van der Waals surface area contributed by atoms with E-state index in [1.807, 2.05) is 0 Å². The fraction of sp³-hybridized carbons (Fsp3) is 0.417. The lowest BCUT2D eigenvalue weighted by molar-refractivity contribution is -0.384. The number of rotatable bonds is 7. The predicted molar refractivity (Wildman–Crippen MR) is 69.5 cm³/mol. The van der Waals surface area contributed by atoms with E-state index in [0.29, 0.717) is 0 Å². The molecule has 21 heavy (non-hydrogen) atoms. The van der Waals surface area contributed by atoms with Crippen molar-refractivity contribution in [3.05, 3.63) is 33.9 Å². The number of hydrogen-bond acceptors (Lipinski definition) is 6. The number of methoxy groups -OCH3 is 1. The van der Waals surface area contributed by atoms with Gasteiger partial charge in [-0.15, -0.1) is 0 Å². The molecule has 9 heteroatoms. The lowest BCUT2D eigenvalue weighted by Gasteiger charge is -2.14. The molecule has 7 nitrogen and oxygen atoms in total. The van der Waals surface area contributed by atoms with Gasteiger partial charge in [-0.1, -0.05) is 0 Å². The van der Waals surface area contributed by atoms with Crippen molar-refractivity contribution in [2.75, 3.05) is 19.0 Å². The summed E-state index contributed by atoms with van der Waals surface area (Å²) in [5.41, 5.74) is -0.160. The molecule has 0 bridgehead atoms. The molecule has 1 rings (SSSR count). The van der Waals surface area contributed by atoms with Gasteiger partial charge in [0.05, 0.1) is 23.7 Å². The first kappa shape index (κ1) is 16.8. The molecule has 0 aliphatic heterocycles. The Labute approximate surface area is 119 Å². The summed E-state index contributed by atoms with van der Waals surface area (Å²) in [4.78, 5) is 21.6. The minimum Gasteiger partial charge on any atom is -0.465 e. The molecular formula is C12H14F2N2O5. The molecule has 0 saturated carbocycles. The van der Waals surface area contributed by atoms with E-state index in [4.69, 9.17) is 0 Å². The van der Waals surface area contributed by atoms with Crippen molar-refractivity contribution in [3.63, 3.8) is 0 Å². The van der Waals surface area contributed by atoms with Crippen molar-refractivity contribution in [1.29, 1.82) is 0 Å². The molecule has 1 N–H and O–H groups in total. The highest BCUT2D eigenvalue weighted by molar-refractivity contribution is 5.91. The van der Waals surface area contributed by atoms with Gasteiger partial charge < -0.3 is 14.8 Å². The number of nitro benzene ring substituents is 1. The third-order valence-electron chi connectivity index (χ3n) is 2.53. The van der Waals surface area contributed by atoms with Crippen LogP contribution < -0.4 is 5.32 Å². The maximum absolute atomic E-state index is 12.0. The van der Waals surface area contributed by atoms with Crippen LogP contribution in [0.25, 0.3) is 0 Å². The molecule has 1 aromatic rings. The fourth-order valence-corrected chi connectivity index (χ4v) is 1.56. The number of nitrogens with zero attached hydrogens (tertiary/aromatic N) is 1. The van der Waals surface area contributed by atoms with E-state index in [0.717, 1.165) is 6.07 Å². The lowest BCUT2D eigenvalue weighted by atomic mass is 10.1. The van der Waals surface area contributed by atoms with E-state index in [9.17, 15) is 23.7 Å². The zero-order chi connectivity index (χ0) is 16.0. The van der Waals surface area contributed by atoms with Gasteiger partial charge in [0.25, 0.3) is 5.69 Å². The van der Waals surface area contributed by atoms with Crippen LogP contribution in [0.3, 0.4) is 0 Å². The summed E-state index contributed by atoms with van der Waals surface area (Å²) in [6.45, 7) is -1.64. The molecule has 0 aliphatic rings. The Bertz CT molecular complexity index is 524. The first-order valence-corrected chi connectivity index (χ1v) is 5.89. The highest BCUT2D eigenvalue weighted by Crippen LogP contribution is 2.26. The van der Waals surface area contributed by atoms with Crippen LogP contribution in [-0.4, -0.2) is 37.3 Å². The van der Waals surface area contributed by atoms with Crippen LogP contribution in [0.1, 0.15) is 17.3 Å². The topological polar surface area (TPSA) is 90.7 Å². The Hall–Kier alpha value is -2.29. The first-order valence-electron chi connectivity index (χ1n) is 5.89. The molecule has 116 valence electrons. The van der Waals surface area contributed by atoms with Gasteiger partial charge >= 0.3 is 12.6 Å². The van der Waals surface area contributed by atoms with Crippen molar-refractivity contribution in [2.45, 2.75) is 19.6 Å². The number of alkyl halides is 2. The van der Waals surface area contributed by atoms with Crippen LogP contribution >= 0.6 is 0 Å². The van der Waals surface area contributed by atoms with Gasteiger partial charge in [0.15, 0.2) is 0 Å². The number of anilines is 1. The average molecular weight is 304 g/mol. The molecule has 0 aliphatic carbocycles. The zero-order valence-electron chi connectivity index (χ0n) is 11.3. The van der Waals surface area contributed by atoms with Crippen molar-refractivity contribution in [1.82, 2.24) is 0 Å². The van der Waals surface area contributed by atoms with Gasteiger partial charge in [0.2, 0.25) is 0 Å². The van der Waals surface area contributed by atoms with E-state index in [1.54, 1.807) is 0 Å². The summed E-state index contributed by atoms with van der Waals surface area (Å²) in [5, 5.41) is 13.5. The molecule has 0 radical (unpaired) electrons. The SMILES string of the molecule is COC(=O)c1ccc([N+](=O)[O-])c(NC[C@H](C)OC(F)F)c1. The molecular weight excluding hydrogens is 290 g/mol. The molecule has 0 fully saturated rings. The smallest absolute Gasteiger partial charge is 0.345 e. The first-order chi connectivity index (χ1) is 9.85. The number of carbonyl (C=O) groups is 1. The monoisotopic (exact) mass is 304 g/mol. The number of esters is 1. The minimum atomic E-state index is -2.93. The number of hydrogen-bond donors (Lipinski definition) is 1. The Morgan fingerprint density at radius 2 is 2.14 bits per heavy atom. The van der Waals surface area contributed by atoms with Crippen LogP contribution in [0.2, 0.25) is 0 Å². The standard InChI is InChI=1S/C12H14F2N2O5/c1-7(21-12(13)14)6-15-9-5-8(11(17)20-2)3-4-10(9)16(18)19/h3-5,7,12,15H,6H2,1-2H3/t7-/m0/s1. The molecule has 0 saturated heterocycles. The number of ether oxygens (including phenoxy) is 2. The normalized spacial score (nSPS) is 12.0. The highest BCUT2D eigenvalue weighted by Gasteiger charge is 2.18. The van der Waals surface area contributed by atoms with E-state index < -0.39 is 23.6 Å². The van der Waals surface area contributed by atoms with Crippen molar-refractivity contribution in [2.24, 2.45) is 0 Å². The van der Waals surface area contributed by atoms with Gasteiger partial charge in [-0.3, -0.25) is 10.1 Å². The Morgan fingerprint density at radius 1 is 1.48 bits per heavy atom. The lowest BCUT2D eigenvalue weighted by Crippen LogP contribution is -2.22. The fourth-order valence-electron chi connectivity index (χ4n) is 1.56. The Kier molecular flexibility index (Phi) is 5.97. The second-order valence-electron chi connectivity index (χ2n) is 4.07. The average Bonchev–Trinajstić information content (AvgIpc) is 2.43. The Balaban J connectivity index is 2.91. The molecule has 0 amide bonds. The maximum atomic E-state index is 12.0. The van der Waals surface area contributed by atoms with Gasteiger partial charge in [0.1, 0.15) is 5.69 Å². The van der Waals surface area contributed by atoms with Crippen LogP contribution in [0.4, 0.5) is 20.2 Å². The third kappa shape index (κ3) is 4.95. The van der Waals surface area contributed by atoms with Crippen molar-refractivity contribution in [3.8, 4) is 0 Å². The summed E-state index contributed by atoms with van der Waals surface area (Å²) in [6.07, 6.45) is -0.869.